The Morgan fingerprint density at radius 1 is 1.27 bits per heavy atom. The highest BCUT2D eigenvalue weighted by Crippen LogP contribution is 2.34. The maximum absolute atomic E-state index is 10.4. The van der Waals surface area contributed by atoms with Crippen LogP contribution in [-0.2, 0) is 0 Å². The van der Waals surface area contributed by atoms with Crippen LogP contribution >= 0.6 is 0 Å². The molecule has 1 aromatic heterocycles. The maximum atomic E-state index is 10.4. The predicted molar refractivity (Wildman–Crippen MR) is 86.3 cm³/mol. The summed E-state index contributed by atoms with van der Waals surface area (Å²) in [4.78, 5) is 8.70. The zero-order valence-corrected chi connectivity index (χ0v) is 12.5. The summed E-state index contributed by atoms with van der Waals surface area (Å²) < 4.78 is 5.44. The number of benzene rings is 1. The summed E-state index contributed by atoms with van der Waals surface area (Å²) in [5, 5.41) is 10.4. The number of aryl methyl sites for hydroxylation is 1. The van der Waals surface area contributed by atoms with E-state index in [1.165, 1.54) is 0 Å². The summed E-state index contributed by atoms with van der Waals surface area (Å²) >= 11 is 0. The number of nitrogens with two attached hydrogens (primary N) is 1. The molecule has 0 amide bonds. The quantitative estimate of drug-likeness (QED) is 0.890. The number of aromatic nitrogens is 1. The molecule has 112 valence electrons. The van der Waals surface area contributed by atoms with Crippen LogP contribution in [0.4, 0.5) is 0 Å². The molecular formula is C17H17N3O2. The lowest BCUT2D eigenvalue weighted by atomic mass is 9.96. The lowest BCUT2D eigenvalue weighted by Gasteiger charge is -2.15. The largest absolute Gasteiger partial charge is 0.507 e. The maximum Gasteiger partial charge on any atom is 0.132 e. The van der Waals surface area contributed by atoms with Crippen LogP contribution < -0.4 is 10.5 Å². The van der Waals surface area contributed by atoms with Crippen LogP contribution in [0.1, 0.15) is 22.3 Å². The summed E-state index contributed by atoms with van der Waals surface area (Å²) in [6.07, 6.45) is 5.23. The minimum Gasteiger partial charge on any atom is -0.507 e. The van der Waals surface area contributed by atoms with Crippen LogP contribution in [-0.4, -0.2) is 29.5 Å². The molecule has 22 heavy (non-hydrogen) atoms. The number of hydrogen-bond acceptors (Lipinski definition) is 5. The van der Waals surface area contributed by atoms with Gasteiger partial charge in [-0.25, -0.2) is 0 Å². The molecule has 0 unspecified atom stereocenters. The highest BCUT2D eigenvalue weighted by Gasteiger charge is 2.22. The van der Waals surface area contributed by atoms with Gasteiger partial charge >= 0.3 is 0 Å². The van der Waals surface area contributed by atoms with E-state index < -0.39 is 0 Å². The third-order valence-electron chi connectivity index (χ3n) is 3.63. The van der Waals surface area contributed by atoms with Gasteiger partial charge in [-0.2, -0.15) is 0 Å². The fourth-order valence-electron chi connectivity index (χ4n) is 2.61. The number of methoxy groups -OCH3 is 1. The van der Waals surface area contributed by atoms with Crippen molar-refractivity contribution >= 4 is 11.4 Å². The number of aromatic hydroxyl groups is 1. The zero-order chi connectivity index (χ0) is 15.7. The van der Waals surface area contributed by atoms with Crippen molar-refractivity contribution < 1.29 is 9.84 Å². The molecular weight excluding hydrogens is 278 g/mol. The highest BCUT2D eigenvalue weighted by atomic mass is 16.5. The van der Waals surface area contributed by atoms with Gasteiger partial charge < -0.3 is 15.6 Å². The third-order valence-corrected chi connectivity index (χ3v) is 3.63. The van der Waals surface area contributed by atoms with E-state index in [1.54, 1.807) is 25.6 Å². The molecule has 2 aromatic rings. The predicted octanol–water partition coefficient (Wildman–Crippen LogP) is 2.25. The smallest absolute Gasteiger partial charge is 0.132 e. The summed E-state index contributed by atoms with van der Waals surface area (Å²) in [5.74, 6) is 0.721. The van der Waals surface area contributed by atoms with Crippen LogP contribution in [0.25, 0.3) is 5.70 Å². The van der Waals surface area contributed by atoms with Crippen LogP contribution in [0.2, 0.25) is 0 Å². The molecule has 3 N–H and O–H groups in total. The lowest BCUT2D eigenvalue weighted by Crippen LogP contribution is -2.10. The fourth-order valence-corrected chi connectivity index (χ4v) is 2.61. The van der Waals surface area contributed by atoms with E-state index >= 15 is 0 Å². The Hall–Kier alpha value is -2.82. The van der Waals surface area contributed by atoms with E-state index in [4.69, 9.17) is 10.5 Å². The first-order valence-corrected chi connectivity index (χ1v) is 6.94. The summed E-state index contributed by atoms with van der Waals surface area (Å²) in [5.41, 5.74) is 10.5. The van der Waals surface area contributed by atoms with Gasteiger partial charge in [0, 0.05) is 29.2 Å². The zero-order valence-electron chi connectivity index (χ0n) is 12.5. The molecule has 0 aliphatic carbocycles. The molecule has 3 rings (SSSR count). The lowest BCUT2D eigenvalue weighted by molar-refractivity contribution is 0.406. The van der Waals surface area contributed by atoms with E-state index in [-0.39, 0.29) is 5.75 Å². The van der Waals surface area contributed by atoms with E-state index in [0.717, 1.165) is 16.7 Å². The summed E-state index contributed by atoms with van der Waals surface area (Å²) in [6.45, 7) is 2.34. The Morgan fingerprint density at radius 2 is 2.09 bits per heavy atom. The molecule has 0 saturated carbocycles. The first kappa shape index (κ1) is 14.1. The number of hydrogen-bond donors (Lipinski definition) is 2. The standard InChI is InChI=1S/C17H17N3O2/c1-10-7-14(21)16(15(8-10)22-2)17-11-3-5-19-9-12(11)13(18)4-6-20-17/h3-5,7-9,21H,6,18H2,1-2H3. The Balaban J connectivity index is 2.27. The molecule has 1 aromatic carbocycles. The normalized spacial score (nSPS) is 13.7. The minimum atomic E-state index is 0.138. The Kier molecular flexibility index (Phi) is 3.55. The Labute approximate surface area is 128 Å². The second kappa shape index (κ2) is 5.52. The van der Waals surface area contributed by atoms with Gasteiger partial charge in [-0.05, 0) is 36.8 Å². The van der Waals surface area contributed by atoms with Gasteiger partial charge in [0.05, 0.1) is 24.9 Å². The number of phenols is 1. The van der Waals surface area contributed by atoms with Gasteiger partial charge in [0.1, 0.15) is 11.5 Å². The second-order valence-electron chi connectivity index (χ2n) is 5.13. The Morgan fingerprint density at radius 3 is 2.86 bits per heavy atom. The molecule has 5 heteroatoms. The number of aliphatic imine (C=N–C) groups is 1. The van der Waals surface area contributed by atoms with Crippen molar-refractivity contribution in [1.82, 2.24) is 4.98 Å². The fraction of sp³-hybridized carbons (Fsp3) is 0.176. The molecule has 5 nitrogen and oxygen atoms in total. The molecule has 0 atom stereocenters. The molecule has 1 aliphatic heterocycles. The molecule has 0 bridgehead atoms. The number of pyridine rings is 1. The van der Waals surface area contributed by atoms with Crippen molar-refractivity contribution in [2.75, 3.05) is 13.7 Å². The van der Waals surface area contributed by atoms with Gasteiger partial charge in [0.2, 0.25) is 0 Å². The monoisotopic (exact) mass is 295 g/mol. The number of ether oxygens (including phenoxy) is 1. The van der Waals surface area contributed by atoms with Crippen molar-refractivity contribution in [3.63, 3.8) is 0 Å². The van der Waals surface area contributed by atoms with E-state index in [1.807, 2.05) is 25.1 Å². The Bertz CT molecular complexity index is 794. The molecule has 2 heterocycles. The number of phenolic OH excluding ortho intramolecular Hbond substituents is 1. The highest BCUT2D eigenvalue weighted by molar-refractivity contribution is 6.18. The number of fused-ring (bicyclic) bond motifs is 1. The van der Waals surface area contributed by atoms with Crippen LogP contribution in [0.3, 0.4) is 0 Å². The average Bonchev–Trinajstić information content (AvgIpc) is 2.67. The minimum absolute atomic E-state index is 0.138. The molecule has 0 saturated heterocycles. The van der Waals surface area contributed by atoms with Gasteiger partial charge in [0.25, 0.3) is 0 Å². The van der Waals surface area contributed by atoms with Gasteiger partial charge in [-0.15, -0.1) is 0 Å². The van der Waals surface area contributed by atoms with Crippen molar-refractivity contribution in [1.29, 1.82) is 0 Å². The van der Waals surface area contributed by atoms with Gasteiger partial charge in [-0.3, -0.25) is 9.98 Å². The van der Waals surface area contributed by atoms with Crippen molar-refractivity contribution in [3.8, 4) is 11.5 Å². The molecule has 0 fully saturated rings. The van der Waals surface area contributed by atoms with Crippen LogP contribution in [0.5, 0.6) is 11.5 Å². The molecule has 0 spiro atoms. The number of rotatable bonds is 2. The second-order valence-corrected chi connectivity index (χ2v) is 5.13. The first-order valence-electron chi connectivity index (χ1n) is 6.94. The van der Waals surface area contributed by atoms with E-state index in [9.17, 15) is 5.11 Å². The summed E-state index contributed by atoms with van der Waals surface area (Å²) in [6, 6.07) is 5.42. The topological polar surface area (TPSA) is 80.7 Å². The van der Waals surface area contributed by atoms with Crippen molar-refractivity contribution in [2.45, 2.75) is 6.92 Å². The van der Waals surface area contributed by atoms with Gasteiger partial charge in [0.15, 0.2) is 0 Å². The van der Waals surface area contributed by atoms with Crippen molar-refractivity contribution in [3.05, 3.63) is 58.9 Å². The van der Waals surface area contributed by atoms with Crippen LogP contribution in [0.15, 0.2) is 41.7 Å². The van der Waals surface area contributed by atoms with E-state index in [2.05, 4.69) is 9.98 Å². The first-order chi connectivity index (χ1) is 10.6. The summed E-state index contributed by atoms with van der Waals surface area (Å²) in [7, 11) is 1.58. The number of nitrogens with zero attached hydrogens (tertiary/aromatic N) is 2. The van der Waals surface area contributed by atoms with Gasteiger partial charge in [-0.1, -0.05) is 0 Å². The SMILES string of the molecule is COc1cc(C)cc(O)c1C1=NCC=C(N)c2cnccc21. The average molecular weight is 295 g/mol. The third kappa shape index (κ3) is 2.30. The molecule has 1 aliphatic rings. The van der Waals surface area contributed by atoms with Crippen molar-refractivity contribution in [2.24, 2.45) is 10.7 Å². The molecule has 0 radical (unpaired) electrons. The van der Waals surface area contributed by atoms with Crippen LogP contribution in [0, 0.1) is 6.92 Å². The van der Waals surface area contributed by atoms with E-state index in [0.29, 0.717) is 29.3 Å².